The van der Waals surface area contributed by atoms with Crippen LogP contribution in [0.4, 0.5) is 5.69 Å². The number of anilines is 1. The van der Waals surface area contributed by atoms with Crippen molar-refractivity contribution in [3.8, 4) is 11.3 Å². The van der Waals surface area contributed by atoms with Gasteiger partial charge in [-0.2, -0.15) is 0 Å². The van der Waals surface area contributed by atoms with E-state index in [1.165, 1.54) is 0 Å². The summed E-state index contributed by atoms with van der Waals surface area (Å²) in [6.45, 7) is 0. The molecule has 0 radical (unpaired) electrons. The SMILES string of the molecule is Nc1cccc(-c2ccc[nH]2)c1Cl. The topological polar surface area (TPSA) is 41.8 Å². The molecule has 3 heteroatoms. The number of aromatic nitrogens is 1. The van der Waals surface area contributed by atoms with Gasteiger partial charge in [-0.1, -0.05) is 23.7 Å². The van der Waals surface area contributed by atoms with Crippen LogP contribution in [-0.2, 0) is 0 Å². The van der Waals surface area contributed by atoms with Gasteiger partial charge < -0.3 is 10.7 Å². The van der Waals surface area contributed by atoms with Gasteiger partial charge in [0.15, 0.2) is 0 Å². The van der Waals surface area contributed by atoms with E-state index in [2.05, 4.69) is 4.98 Å². The number of halogens is 1. The summed E-state index contributed by atoms with van der Waals surface area (Å²) >= 11 is 6.04. The summed E-state index contributed by atoms with van der Waals surface area (Å²) in [5.41, 5.74) is 8.21. The first kappa shape index (κ1) is 8.20. The van der Waals surface area contributed by atoms with Gasteiger partial charge in [0.2, 0.25) is 0 Å². The quantitative estimate of drug-likeness (QED) is 0.671. The first-order chi connectivity index (χ1) is 6.29. The molecule has 0 saturated heterocycles. The Morgan fingerprint density at radius 1 is 1.15 bits per heavy atom. The van der Waals surface area contributed by atoms with Crippen LogP contribution in [-0.4, -0.2) is 4.98 Å². The van der Waals surface area contributed by atoms with E-state index in [4.69, 9.17) is 17.3 Å². The number of nitrogens with one attached hydrogen (secondary N) is 1. The van der Waals surface area contributed by atoms with Crippen LogP contribution < -0.4 is 5.73 Å². The molecule has 1 heterocycles. The zero-order valence-electron chi connectivity index (χ0n) is 6.92. The zero-order valence-corrected chi connectivity index (χ0v) is 7.68. The van der Waals surface area contributed by atoms with Gasteiger partial charge >= 0.3 is 0 Å². The molecule has 66 valence electrons. The van der Waals surface area contributed by atoms with Gasteiger partial charge in [0, 0.05) is 17.5 Å². The van der Waals surface area contributed by atoms with E-state index in [0.29, 0.717) is 10.7 Å². The molecule has 3 N–H and O–H groups in total. The molecule has 0 spiro atoms. The Hall–Kier alpha value is -1.41. The maximum absolute atomic E-state index is 6.04. The van der Waals surface area contributed by atoms with Crippen molar-refractivity contribution in [2.75, 3.05) is 5.73 Å². The normalized spacial score (nSPS) is 10.2. The number of benzene rings is 1. The Morgan fingerprint density at radius 3 is 2.69 bits per heavy atom. The van der Waals surface area contributed by atoms with Gasteiger partial charge in [-0.05, 0) is 18.2 Å². The van der Waals surface area contributed by atoms with Crippen molar-refractivity contribution in [2.24, 2.45) is 0 Å². The maximum atomic E-state index is 6.04. The third-order valence-electron chi connectivity index (χ3n) is 1.92. The van der Waals surface area contributed by atoms with E-state index in [1.54, 1.807) is 6.07 Å². The standard InChI is InChI=1S/C10H9ClN2/c11-10-7(3-1-4-8(10)12)9-5-2-6-13-9/h1-6,13H,12H2. The molecule has 13 heavy (non-hydrogen) atoms. The highest BCUT2D eigenvalue weighted by Gasteiger charge is 2.05. The number of nitrogens with two attached hydrogens (primary N) is 1. The molecule has 0 fully saturated rings. The van der Waals surface area contributed by atoms with E-state index < -0.39 is 0 Å². The van der Waals surface area contributed by atoms with Crippen LogP contribution >= 0.6 is 11.6 Å². The monoisotopic (exact) mass is 192 g/mol. The van der Waals surface area contributed by atoms with Gasteiger partial charge in [0.1, 0.15) is 0 Å². The van der Waals surface area contributed by atoms with E-state index in [-0.39, 0.29) is 0 Å². The van der Waals surface area contributed by atoms with E-state index in [0.717, 1.165) is 11.3 Å². The lowest BCUT2D eigenvalue weighted by molar-refractivity contribution is 1.40. The highest BCUT2D eigenvalue weighted by molar-refractivity contribution is 6.35. The van der Waals surface area contributed by atoms with Crippen LogP contribution in [0.15, 0.2) is 36.5 Å². The summed E-state index contributed by atoms with van der Waals surface area (Å²) < 4.78 is 0. The molecule has 0 atom stereocenters. The minimum atomic E-state index is 0.602. The lowest BCUT2D eigenvalue weighted by atomic mass is 10.1. The minimum Gasteiger partial charge on any atom is -0.398 e. The molecule has 0 aliphatic rings. The van der Waals surface area contributed by atoms with Crippen molar-refractivity contribution in [3.05, 3.63) is 41.6 Å². The largest absolute Gasteiger partial charge is 0.398 e. The lowest BCUT2D eigenvalue weighted by Crippen LogP contribution is -1.88. The minimum absolute atomic E-state index is 0.602. The average Bonchev–Trinajstić information content (AvgIpc) is 2.62. The third kappa shape index (κ3) is 1.40. The summed E-state index contributed by atoms with van der Waals surface area (Å²) in [5, 5.41) is 0.602. The van der Waals surface area contributed by atoms with Gasteiger partial charge in [-0.15, -0.1) is 0 Å². The van der Waals surface area contributed by atoms with Crippen LogP contribution in [0.3, 0.4) is 0 Å². The fourth-order valence-corrected chi connectivity index (χ4v) is 1.48. The van der Waals surface area contributed by atoms with Gasteiger partial charge in [0.25, 0.3) is 0 Å². The molecule has 2 nitrogen and oxygen atoms in total. The highest BCUT2D eigenvalue weighted by Crippen LogP contribution is 2.30. The first-order valence-corrected chi connectivity index (χ1v) is 4.34. The molecule has 0 unspecified atom stereocenters. The van der Waals surface area contributed by atoms with Crippen molar-refractivity contribution in [1.82, 2.24) is 4.98 Å². The fraction of sp³-hybridized carbons (Fsp3) is 0. The van der Waals surface area contributed by atoms with Crippen LogP contribution in [0.1, 0.15) is 0 Å². The summed E-state index contributed by atoms with van der Waals surface area (Å²) in [6.07, 6.45) is 1.86. The molecule has 0 amide bonds. The van der Waals surface area contributed by atoms with E-state index in [9.17, 15) is 0 Å². The molecule has 1 aromatic heterocycles. The molecule has 0 aliphatic heterocycles. The second kappa shape index (κ2) is 3.15. The maximum Gasteiger partial charge on any atom is 0.0728 e. The summed E-state index contributed by atoms with van der Waals surface area (Å²) in [6, 6.07) is 9.49. The number of nitrogen functional groups attached to an aromatic ring is 1. The molecular formula is C10H9ClN2. The summed E-state index contributed by atoms with van der Waals surface area (Å²) in [5.74, 6) is 0. The van der Waals surface area contributed by atoms with Crippen LogP contribution in [0.25, 0.3) is 11.3 Å². The predicted octanol–water partition coefficient (Wildman–Crippen LogP) is 2.92. The molecule has 2 rings (SSSR count). The van der Waals surface area contributed by atoms with Crippen molar-refractivity contribution in [2.45, 2.75) is 0 Å². The number of hydrogen-bond donors (Lipinski definition) is 2. The Bertz CT molecular complexity index is 407. The molecular weight excluding hydrogens is 184 g/mol. The second-order valence-electron chi connectivity index (χ2n) is 2.79. The zero-order chi connectivity index (χ0) is 9.26. The number of H-pyrrole nitrogens is 1. The highest BCUT2D eigenvalue weighted by atomic mass is 35.5. The number of rotatable bonds is 1. The fourth-order valence-electron chi connectivity index (χ4n) is 1.26. The smallest absolute Gasteiger partial charge is 0.0728 e. The molecule has 0 aliphatic carbocycles. The Morgan fingerprint density at radius 2 is 2.00 bits per heavy atom. The van der Waals surface area contributed by atoms with Crippen molar-refractivity contribution in [3.63, 3.8) is 0 Å². The van der Waals surface area contributed by atoms with Crippen LogP contribution in [0, 0.1) is 0 Å². The van der Waals surface area contributed by atoms with Gasteiger partial charge in [-0.25, -0.2) is 0 Å². The molecule has 2 aromatic rings. The van der Waals surface area contributed by atoms with Gasteiger partial charge in [-0.3, -0.25) is 0 Å². The van der Waals surface area contributed by atoms with Crippen molar-refractivity contribution < 1.29 is 0 Å². The lowest BCUT2D eigenvalue weighted by Gasteiger charge is -2.03. The van der Waals surface area contributed by atoms with Crippen molar-refractivity contribution in [1.29, 1.82) is 0 Å². The Balaban J connectivity index is 2.59. The molecule has 0 saturated carbocycles. The Labute approximate surface area is 81.3 Å². The number of aromatic amines is 1. The number of hydrogen-bond acceptors (Lipinski definition) is 1. The molecule has 0 bridgehead atoms. The van der Waals surface area contributed by atoms with E-state index >= 15 is 0 Å². The molecule has 1 aromatic carbocycles. The van der Waals surface area contributed by atoms with Crippen LogP contribution in [0.5, 0.6) is 0 Å². The summed E-state index contributed by atoms with van der Waals surface area (Å²) in [7, 11) is 0. The van der Waals surface area contributed by atoms with E-state index in [1.807, 2.05) is 30.5 Å². The Kier molecular flexibility index (Phi) is 1.99. The predicted molar refractivity (Wildman–Crippen MR) is 55.7 cm³/mol. The van der Waals surface area contributed by atoms with Gasteiger partial charge in [0.05, 0.1) is 10.7 Å². The third-order valence-corrected chi connectivity index (χ3v) is 2.34. The van der Waals surface area contributed by atoms with Crippen molar-refractivity contribution >= 4 is 17.3 Å². The average molecular weight is 193 g/mol. The van der Waals surface area contributed by atoms with Crippen LogP contribution in [0.2, 0.25) is 5.02 Å². The first-order valence-electron chi connectivity index (χ1n) is 3.97. The summed E-state index contributed by atoms with van der Waals surface area (Å²) in [4.78, 5) is 3.08. The second-order valence-corrected chi connectivity index (χ2v) is 3.17.